The van der Waals surface area contributed by atoms with Gasteiger partial charge >= 0.3 is 0 Å². The Bertz CT molecular complexity index is 374. The van der Waals surface area contributed by atoms with Crippen LogP contribution in [0.5, 0.6) is 0 Å². The van der Waals surface area contributed by atoms with Gasteiger partial charge in [0.1, 0.15) is 0 Å². The van der Waals surface area contributed by atoms with Gasteiger partial charge in [0.05, 0.1) is 23.7 Å². The normalized spacial score (nSPS) is 28.6. The number of likely N-dealkylation sites (tertiary alicyclic amines) is 1. The van der Waals surface area contributed by atoms with Gasteiger partial charge < -0.3 is 9.64 Å². The first kappa shape index (κ1) is 20.3. The van der Waals surface area contributed by atoms with E-state index in [1.807, 2.05) is 13.8 Å². The van der Waals surface area contributed by atoms with Crippen LogP contribution in [0.4, 0.5) is 0 Å². The second kappa shape index (κ2) is 10.2. The molecule has 1 N–H and O–H groups in total. The Morgan fingerprint density at radius 1 is 1.04 bits per heavy atom. The van der Waals surface area contributed by atoms with Gasteiger partial charge in [-0.15, -0.1) is 0 Å². The van der Waals surface area contributed by atoms with E-state index >= 15 is 0 Å². The smallest absolute Gasteiger partial charge is 0.0943 e. The van der Waals surface area contributed by atoms with E-state index in [0.717, 1.165) is 50.7 Å². The molecular formula is C19H38N2O2S. The molecule has 2 fully saturated rings. The Morgan fingerprint density at radius 3 is 2.21 bits per heavy atom. The lowest BCUT2D eigenvalue weighted by atomic mass is 9.87. The topological polar surface area (TPSA) is 41.6 Å². The van der Waals surface area contributed by atoms with Crippen LogP contribution in [-0.2, 0) is 15.7 Å². The van der Waals surface area contributed by atoms with Crippen LogP contribution in [0.15, 0.2) is 0 Å². The summed E-state index contributed by atoms with van der Waals surface area (Å²) in [5.74, 6) is 1.75. The zero-order valence-electron chi connectivity index (χ0n) is 16.1. The van der Waals surface area contributed by atoms with Gasteiger partial charge in [-0.1, -0.05) is 13.8 Å². The average Bonchev–Trinajstić information content (AvgIpc) is 2.56. The first-order valence-electron chi connectivity index (χ1n) is 9.96. The number of rotatable bonds is 8. The third-order valence-corrected chi connectivity index (χ3v) is 7.14. The molecule has 0 aromatic rings. The summed E-state index contributed by atoms with van der Waals surface area (Å²) in [5.41, 5.74) is 0. The molecule has 5 heteroatoms. The van der Waals surface area contributed by atoms with Gasteiger partial charge in [0, 0.05) is 17.8 Å². The first-order chi connectivity index (χ1) is 11.5. The van der Waals surface area contributed by atoms with E-state index in [0.29, 0.717) is 12.1 Å². The highest BCUT2D eigenvalue weighted by molar-refractivity contribution is 7.83. The van der Waals surface area contributed by atoms with E-state index in [9.17, 15) is 4.21 Å². The summed E-state index contributed by atoms with van der Waals surface area (Å²) in [7, 11) is -0.893. The maximum atomic E-state index is 11.9. The lowest BCUT2D eigenvalue weighted by Gasteiger charge is -2.34. The molecule has 1 saturated heterocycles. The largest absolute Gasteiger partial charge is 0.377 e. The number of hydrogen-bond donors (Lipinski definition) is 1. The lowest BCUT2D eigenvalue weighted by molar-refractivity contribution is 0.00746. The zero-order chi connectivity index (χ0) is 17.5. The first-order valence-corrected chi connectivity index (χ1v) is 11.2. The van der Waals surface area contributed by atoms with Crippen molar-refractivity contribution in [3.8, 4) is 0 Å². The molecule has 24 heavy (non-hydrogen) atoms. The SMILES string of the molecule is CC(C)C1CCN(CCOC2CCC(NS(=O)C(C)C)CC2)CC1. The van der Waals surface area contributed by atoms with Gasteiger partial charge in [-0.05, 0) is 77.3 Å². The minimum absolute atomic E-state index is 0.193. The number of nitrogens with zero attached hydrogens (tertiary/aromatic N) is 1. The van der Waals surface area contributed by atoms with Crippen molar-refractivity contribution in [3.63, 3.8) is 0 Å². The van der Waals surface area contributed by atoms with E-state index in [2.05, 4.69) is 23.5 Å². The molecule has 142 valence electrons. The Balaban J connectivity index is 1.54. The van der Waals surface area contributed by atoms with Crippen LogP contribution in [0.2, 0.25) is 0 Å². The molecular weight excluding hydrogens is 320 g/mol. The van der Waals surface area contributed by atoms with Crippen LogP contribution in [0.3, 0.4) is 0 Å². The molecule has 0 amide bonds. The number of piperidine rings is 1. The Kier molecular flexibility index (Phi) is 8.68. The maximum Gasteiger partial charge on any atom is 0.0943 e. The minimum Gasteiger partial charge on any atom is -0.377 e. The third kappa shape index (κ3) is 6.74. The minimum atomic E-state index is -0.893. The van der Waals surface area contributed by atoms with Crippen LogP contribution < -0.4 is 4.72 Å². The van der Waals surface area contributed by atoms with Crippen molar-refractivity contribution in [1.29, 1.82) is 0 Å². The van der Waals surface area contributed by atoms with Crippen LogP contribution in [-0.4, -0.2) is 52.7 Å². The van der Waals surface area contributed by atoms with E-state index in [1.54, 1.807) is 0 Å². The van der Waals surface area contributed by atoms with E-state index < -0.39 is 11.0 Å². The second-order valence-electron chi connectivity index (χ2n) is 8.23. The third-order valence-electron chi connectivity index (χ3n) is 5.72. The summed E-state index contributed by atoms with van der Waals surface area (Å²) < 4.78 is 21.3. The standard InChI is InChI=1S/C19H38N2O2S/c1-15(2)17-9-11-21(12-10-17)13-14-23-19-7-5-18(6-8-19)20-24(22)16(3)4/h15-20H,5-14H2,1-4H3. The predicted octanol–water partition coefficient (Wildman–Crippen LogP) is 3.34. The molecule has 2 rings (SSSR count). The molecule has 0 spiro atoms. The maximum absolute atomic E-state index is 11.9. The number of hydrogen-bond acceptors (Lipinski definition) is 3. The molecule has 1 unspecified atom stereocenters. The zero-order valence-corrected chi connectivity index (χ0v) is 16.9. The fraction of sp³-hybridized carbons (Fsp3) is 1.00. The summed E-state index contributed by atoms with van der Waals surface area (Å²) in [4.78, 5) is 2.57. The van der Waals surface area contributed by atoms with Gasteiger partial charge in [0.2, 0.25) is 0 Å². The Labute approximate surface area is 151 Å². The van der Waals surface area contributed by atoms with Crippen molar-refractivity contribution in [1.82, 2.24) is 9.62 Å². The molecule has 1 aliphatic carbocycles. The van der Waals surface area contributed by atoms with Crippen LogP contribution in [0.1, 0.15) is 66.2 Å². The molecule has 4 nitrogen and oxygen atoms in total. The van der Waals surface area contributed by atoms with Crippen molar-refractivity contribution in [2.24, 2.45) is 11.8 Å². The highest BCUT2D eigenvalue weighted by Gasteiger charge is 2.24. The van der Waals surface area contributed by atoms with Crippen LogP contribution >= 0.6 is 0 Å². The molecule has 1 saturated carbocycles. The average molecular weight is 359 g/mol. The monoisotopic (exact) mass is 358 g/mol. The fourth-order valence-corrected chi connectivity index (χ4v) is 4.68. The molecule has 1 aliphatic heterocycles. The molecule has 1 heterocycles. The summed E-state index contributed by atoms with van der Waals surface area (Å²) in [6, 6.07) is 0.406. The molecule has 2 aliphatic rings. The Morgan fingerprint density at radius 2 is 1.67 bits per heavy atom. The molecule has 0 aromatic carbocycles. The van der Waals surface area contributed by atoms with Gasteiger partial charge in [-0.25, -0.2) is 8.93 Å². The van der Waals surface area contributed by atoms with Crippen molar-refractivity contribution in [2.75, 3.05) is 26.2 Å². The highest BCUT2D eigenvalue weighted by atomic mass is 32.2. The van der Waals surface area contributed by atoms with Crippen LogP contribution in [0.25, 0.3) is 0 Å². The van der Waals surface area contributed by atoms with E-state index in [1.165, 1.54) is 25.9 Å². The van der Waals surface area contributed by atoms with Crippen molar-refractivity contribution in [3.05, 3.63) is 0 Å². The number of ether oxygens (including phenoxy) is 1. The summed E-state index contributed by atoms with van der Waals surface area (Å²) >= 11 is 0. The summed E-state index contributed by atoms with van der Waals surface area (Å²) in [6.07, 6.45) is 7.48. The van der Waals surface area contributed by atoms with Crippen molar-refractivity contribution < 1.29 is 8.95 Å². The Hall–Kier alpha value is 0.0300. The van der Waals surface area contributed by atoms with Crippen LogP contribution in [0, 0.1) is 11.8 Å². The van der Waals surface area contributed by atoms with Crippen molar-refractivity contribution in [2.45, 2.75) is 83.6 Å². The lowest BCUT2D eigenvalue weighted by Crippen LogP contribution is -2.40. The molecule has 0 radical (unpaired) electrons. The summed E-state index contributed by atoms with van der Waals surface area (Å²) in [6.45, 7) is 13.1. The molecule has 0 bridgehead atoms. The van der Waals surface area contributed by atoms with E-state index in [-0.39, 0.29) is 5.25 Å². The highest BCUT2D eigenvalue weighted by Crippen LogP contribution is 2.25. The number of nitrogens with one attached hydrogen (secondary N) is 1. The van der Waals surface area contributed by atoms with Gasteiger partial charge in [0.25, 0.3) is 0 Å². The van der Waals surface area contributed by atoms with E-state index in [4.69, 9.17) is 4.74 Å². The molecule has 1 atom stereocenters. The fourth-order valence-electron chi connectivity index (χ4n) is 3.84. The molecule has 0 aromatic heterocycles. The van der Waals surface area contributed by atoms with Gasteiger partial charge in [-0.2, -0.15) is 0 Å². The van der Waals surface area contributed by atoms with Gasteiger partial charge in [-0.3, -0.25) is 0 Å². The quantitative estimate of drug-likeness (QED) is 0.723. The van der Waals surface area contributed by atoms with Crippen molar-refractivity contribution >= 4 is 11.0 Å². The predicted molar refractivity (Wildman–Crippen MR) is 102 cm³/mol. The second-order valence-corrected chi connectivity index (χ2v) is 10.0. The van der Waals surface area contributed by atoms with Gasteiger partial charge in [0.15, 0.2) is 0 Å². The summed E-state index contributed by atoms with van der Waals surface area (Å²) in [5, 5.41) is 0.193.